The van der Waals surface area contributed by atoms with Crippen molar-refractivity contribution in [1.82, 2.24) is 5.32 Å². The number of urea groups is 1. The SMILES string of the molecule is Cc1cc(F)ccc1N1C(=O)NC(=O)C(C(C)C)C1=O. The van der Waals surface area contributed by atoms with E-state index in [0.717, 1.165) is 4.90 Å². The summed E-state index contributed by atoms with van der Waals surface area (Å²) in [5.41, 5.74) is 0.734. The zero-order chi connectivity index (χ0) is 15.0. The van der Waals surface area contributed by atoms with E-state index in [-0.39, 0.29) is 11.6 Å². The van der Waals surface area contributed by atoms with Crippen molar-refractivity contribution >= 4 is 23.5 Å². The first-order chi connectivity index (χ1) is 9.32. The molecular weight excluding hydrogens is 263 g/mol. The molecule has 0 radical (unpaired) electrons. The van der Waals surface area contributed by atoms with E-state index in [9.17, 15) is 18.8 Å². The van der Waals surface area contributed by atoms with Crippen LogP contribution >= 0.6 is 0 Å². The number of aryl methyl sites for hydroxylation is 1. The zero-order valence-electron chi connectivity index (χ0n) is 11.4. The molecule has 2 rings (SSSR count). The van der Waals surface area contributed by atoms with Crippen molar-refractivity contribution in [3.63, 3.8) is 0 Å². The Labute approximate surface area is 115 Å². The second-order valence-electron chi connectivity index (χ2n) is 5.12. The highest BCUT2D eigenvalue weighted by Crippen LogP contribution is 2.27. The number of rotatable bonds is 2. The van der Waals surface area contributed by atoms with Gasteiger partial charge >= 0.3 is 6.03 Å². The Morgan fingerprint density at radius 3 is 2.45 bits per heavy atom. The van der Waals surface area contributed by atoms with Gasteiger partial charge < -0.3 is 0 Å². The molecule has 1 fully saturated rings. The smallest absolute Gasteiger partial charge is 0.277 e. The van der Waals surface area contributed by atoms with Crippen LogP contribution in [0.5, 0.6) is 0 Å². The fraction of sp³-hybridized carbons (Fsp3) is 0.357. The second kappa shape index (κ2) is 5.03. The largest absolute Gasteiger partial charge is 0.335 e. The van der Waals surface area contributed by atoms with Gasteiger partial charge in [-0.1, -0.05) is 13.8 Å². The molecular formula is C14H15FN2O3. The van der Waals surface area contributed by atoms with Crippen molar-refractivity contribution in [2.45, 2.75) is 20.8 Å². The van der Waals surface area contributed by atoms with Gasteiger partial charge in [-0.2, -0.15) is 0 Å². The lowest BCUT2D eigenvalue weighted by Crippen LogP contribution is -2.59. The maximum absolute atomic E-state index is 13.1. The average molecular weight is 278 g/mol. The number of imide groups is 2. The number of hydrogen-bond donors (Lipinski definition) is 1. The first kappa shape index (κ1) is 14.2. The molecule has 1 aromatic rings. The van der Waals surface area contributed by atoms with Crippen molar-refractivity contribution in [2.75, 3.05) is 4.90 Å². The van der Waals surface area contributed by atoms with Crippen LogP contribution in [0, 0.1) is 24.6 Å². The van der Waals surface area contributed by atoms with Crippen LogP contribution in [-0.4, -0.2) is 17.8 Å². The molecule has 1 aliphatic rings. The molecule has 1 saturated heterocycles. The summed E-state index contributed by atoms with van der Waals surface area (Å²) >= 11 is 0. The van der Waals surface area contributed by atoms with E-state index in [2.05, 4.69) is 5.32 Å². The number of carbonyl (C=O) groups is 3. The minimum absolute atomic E-state index is 0.237. The highest BCUT2D eigenvalue weighted by atomic mass is 19.1. The summed E-state index contributed by atoms with van der Waals surface area (Å²) in [6, 6.07) is 2.96. The minimum atomic E-state index is -0.919. The Bertz CT molecular complexity index is 598. The lowest BCUT2D eigenvalue weighted by Gasteiger charge is -2.32. The van der Waals surface area contributed by atoms with E-state index >= 15 is 0 Å². The van der Waals surface area contributed by atoms with Gasteiger partial charge in [0.15, 0.2) is 0 Å². The highest BCUT2D eigenvalue weighted by Gasteiger charge is 2.43. The molecule has 0 saturated carbocycles. The molecule has 1 aromatic carbocycles. The number of barbiturate groups is 1. The van der Waals surface area contributed by atoms with Crippen molar-refractivity contribution in [1.29, 1.82) is 0 Å². The van der Waals surface area contributed by atoms with Gasteiger partial charge in [0.2, 0.25) is 11.8 Å². The Morgan fingerprint density at radius 1 is 1.25 bits per heavy atom. The van der Waals surface area contributed by atoms with E-state index in [0.29, 0.717) is 5.56 Å². The summed E-state index contributed by atoms with van der Waals surface area (Å²) < 4.78 is 13.1. The van der Waals surface area contributed by atoms with E-state index in [1.54, 1.807) is 20.8 Å². The van der Waals surface area contributed by atoms with Crippen molar-refractivity contribution < 1.29 is 18.8 Å². The predicted molar refractivity (Wildman–Crippen MR) is 70.5 cm³/mol. The number of amides is 4. The van der Waals surface area contributed by atoms with Crippen LogP contribution in [-0.2, 0) is 9.59 Å². The molecule has 1 unspecified atom stereocenters. The first-order valence-electron chi connectivity index (χ1n) is 6.28. The summed E-state index contributed by atoms with van der Waals surface area (Å²) in [5, 5.41) is 2.17. The Balaban J connectivity index is 2.46. The predicted octanol–water partition coefficient (Wildman–Crippen LogP) is 1.99. The van der Waals surface area contributed by atoms with Crippen molar-refractivity contribution in [3.05, 3.63) is 29.6 Å². The summed E-state index contributed by atoms with van der Waals surface area (Å²) in [7, 11) is 0. The standard InChI is InChI=1S/C14H15FN2O3/c1-7(2)11-12(18)16-14(20)17(13(11)19)10-5-4-9(15)6-8(10)3/h4-7,11H,1-3H3,(H,16,18,20). The topological polar surface area (TPSA) is 66.5 Å². The van der Waals surface area contributed by atoms with Crippen LogP contribution in [0.4, 0.5) is 14.9 Å². The molecule has 1 atom stereocenters. The summed E-state index contributed by atoms with van der Waals surface area (Å²) in [5.74, 6) is -2.78. The Kier molecular flexibility index (Phi) is 3.57. The number of halogens is 1. The molecule has 106 valence electrons. The fourth-order valence-corrected chi connectivity index (χ4v) is 2.28. The molecule has 4 amide bonds. The number of benzene rings is 1. The zero-order valence-corrected chi connectivity index (χ0v) is 11.4. The highest BCUT2D eigenvalue weighted by molar-refractivity contribution is 6.28. The molecule has 6 heteroatoms. The van der Waals surface area contributed by atoms with Gasteiger partial charge in [0.1, 0.15) is 11.7 Å². The van der Waals surface area contributed by atoms with Crippen LogP contribution in [0.25, 0.3) is 0 Å². The van der Waals surface area contributed by atoms with Crippen LogP contribution in [0.2, 0.25) is 0 Å². The van der Waals surface area contributed by atoms with E-state index in [4.69, 9.17) is 0 Å². The summed E-state index contributed by atoms with van der Waals surface area (Å²) in [4.78, 5) is 36.9. The first-order valence-corrected chi connectivity index (χ1v) is 6.28. The van der Waals surface area contributed by atoms with Crippen LogP contribution in [0.3, 0.4) is 0 Å². The lowest BCUT2D eigenvalue weighted by atomic mass is 9.91. The van der Waals surface area contributed by atoms with Crippen molar-refractivity contribution in [2.24, 2.45) is 11.8 Å². The molecule has 0 aliphatic carbocycles. The van der Waals surface area contributed by atoms with Gasteiger partial charge in [-0.15, -0.1) is 0 Å². The average Bonchev–Trinajstić information content (AvgIpc) is 2.30. The molecule has 1 N–H and O–H groups in total. The second-order valence-corrected chi connectivity index (χ2v) is 5.12. The van der Waals surface area contributed by atoms with E-state index in [1.807, 2.05) is 0 Å². The van der Waals surface area contributed by atoms with Gasteiger partial charge in [-0.05, 0) is 36.6 Å². The number of carbonyl (C=O) groups excluding carboxylic acids is 3. The van der Waals surface area contributed by atoms with Crippen LogP contribution in [0.1, 0.15) is 19.4 Å². The quantitative estimate of drug-likeness (QED) is 0.841. The fourth-order valence-electron chi connectivity index (χ4n) is 2.28. The molecule has 1 heterocycles. The van der Waals surface area contributed by atoms with Crippen LogP contribution in [0.15, 0.2) is 18.2 Å². The monoisotopic (exact) mass is 278 g/mol. The number of anilines is 1. The van der Waals surface area contributed by atoms with Crippen LogP contribution < -0.4 is 10.2 Å². The van der Waals surface area contributed by atoms with E-state index < -0.39 is 29.6 Å². The van der Waals surface area contributed by atoms with Gasteiger partial charge in [-0.3, -0.25) is 14.9 Å². The number of nitrogens with zero attached hydrogens (tertiary/aromatic N) is 1. The molecule has 0 spiro atoms. The third-order valence-electron chi connectivity index (χ3n) is 3.27. The lowest BCUT2D eigenvalue weighted by molar-refractivity contribution is -0.136. The minimum Gasteiger partial charge on any atom is -0.277 e. The Morgan fingerprint density at radius 2 is 1.90 bits per heavy atom. The maximum atomic E-state index is 13.1. The summed E-state index contributed by atoms with van der Waals surface area (Å²) in [6.07, 6.45) is 0. The molecule has 1 aliphatic heterocycles. The van der Waals surface area contributed by atoms with Crippen molar-refractivity contribution in [3.8, 4) is 0 Å². The van der Waals surface area contributed by atoms with Gasteiger partial charge in [0, 0.05) is 0 Å². The van der Waals surface area contributed by atoms with Gasteiger partial charge in [-0.25, -0.2) is 14.1 Å². The maximum Gasteiger partial charge on any atom is 0.335 e. The number of hydrogen-bond acceptors (Lipinski definition) is 3. The van der Waals surface area contributed by atoms with E-state index in [1.165, 1.54) is 18.2 Å². The normalized spacial score (nSPS) is 19.6. The van der Waals surface area contributed by atoms with Gasteiger partial charge in [0.25, 0.3) is 0 Å². The Hall–Kier alpha value is -2.24. The molecule has 20 heavy (non-hydrogen) atoms. The molecule has 0 aromatic heterocycles. The molecule has 5 nitrogen and oxygen atoms in total. The van der Waals surface area contributed by atoms with Gasteiger partial charge in [0.05, 0.1) is 5.69 Å². The third-order valence-corrected chi connectivity index (χ3v) is 3.27. The third kappa shape index (κ3) is 2.29. The molecule has 0 bridgehead atoms. The number of nitrogens with one attached hydrogen (secondary N) is 1. The summed E-state index contributed by atoms with van der Waals surface area (Å²) in [6.45, 7) is 5.06.